The van der Waals surface area contributed by atoms with Crippen LogP contribution in [0.1, 0.15) is 11.1 Å². The van der Waals surface area contributed by atoms with Crippen molar-refractivity contribution in [1.29, 1.82) is 0 Å². The first-order valence-corrected chi connectivity index (χ1v) is 7.15. The van der Waals surface area contributed by atoms with Gasteiger partial charge in [-0.25, -0.2) is 0 Å². The van der Waals surface area contributed by atoms with E-state index in [4.69, 9.17) is 17.0 Å². The maximum atomic E-state index is 5.60. The van der Waals surface area contributed by atoms with Gasteiger partial charge in [-0.3, -0.25) is 4.58 Å². The lowest BCUT2D eigenvalue weighted by molar-refractivity contribution is -0.465. The summed E-state index contributed by atoms with van der Waals surface area (Å²) in [5.41, 5.74) is 2.15. The van der Waals surface area contributed by atoms with Gasteiger partial charge in [-0.1, -0.05) is 48.5 Å². The molecule has 0 atom stereocenters. The summed E-state index contributed by atoms with van der Waals surface area (Å²) in [5.74, 6) is 0.911. The van der Waals surface area contributed by atoms with Crippen LogP contribution in [0.5, 0.6) is 0 Å². The first kappa shape index (κ1) is 15.2. The van der Waals surface area contributed by atoms with Crippen molar-refractivity contribution < 1.29 is 9.31 Å². The van der Waals surface area contributed by atoms with E-state index in [0.717, 1.165) is 17.0 Å². The molecule has 0 aliphatic rings. The van der Waals surface area contributed by atoms with Gasteiger partial charge in [0.05, 0.1) is 19.7 Å². The highest BCUT2D eigenvalue weighted by atomic mass is 32.1. The molecule has 0 spiro atoms. The van der Waals surface area contributed by atoms with E-state index in [1.54, 1.807) is 0 Å². The third-order valence-electron chi connectivity index (χ3n) is 2.93. The molecule has 0 aromatic heterocycles. The van der Waals surface area contributed by atoms with Crippen molar-refractivity contribution in [2.24, 2.45) is 0 Å². The Labute approximate surface area is 130 Å². The zero-order valence-electron chi connectivity index (χ0n) is 12.2. The van der Waals surface area contributed by atoms with E-state index in [1.807, 2.05) is 79.3 Å². The highest BCUT2D eigenvalue weighted by Crippen LogP contribution is 2.02. The van der Waals surface area contributed by atoms with Gasteiger partial charge in [0.2, 0.25) is 0 Å². The van der Waals surface area contributed by atoms with E-state index in [0.29, 0.717) is 11.8 Å². The fourth-order valence-electron chi connectivity index (χ4n) is 1.89. The van der Waals surface area contributed by atoms with Crippen molar-refractivity contribution >= 4 is 23.2 Å². The molecular weight excluding hydrogens is 280 g/mol. The number of hydrogen-bond acceptors (Lipinski definition) is 2. The minimum atomic E-state index is 0.367. The molecule has 0 aliphatic carbocycles. The van der Waals surface area contributed by atoms with Crippen LogP contribution in [0.15, 0.2) is 60.7 Å². The van der Waals surface area contributed by atoms with Crippen molar-refractivity contribution in [3.63, 3.8) is 0 Å². The van der Waals surface area contributed by atoms with Crippen molar-refractivity contribution in [2.45, 2.75) is 6.61 Å². The number of nitrogens with one attached hydrogen (secondary N) is 1. The van der Waals surface area contributed by atoms with Gasteiger partial charge in [0, 0.05) is 12.2 Å². The molecule has 2 aromatic carbocycles. The second kappa shape index (κ2) is 7.55. The van der Waals surface area contributed by atoms with E-state index in [2.05, 4.69) is 5.32 Å². The minimum Gasteiger partial charge on any atom is -0.449 e. The summed E-state index contributed by atoms with van der Waals surface area (Å²) in [4.78, 5) is 0. The average Bonchev–Trinajstić information content (AvgIpc) is 2.52. The van der Waals surface area contributed by atoms with E-state index in [1.165, 1.54) is 0 Å². The van der Waals surface area contributed by atoms with Crippen LogP contribution in [0, 0.1) is 0 Å². The maximum absolute atomic E-state index is 5.60. The second-order valence-electron chi connectivity index (χ2n) is 4.80. The van der Waals surface area contributed by atoms with Gasteiger partial charge in [-0.05, 0) is 17.7 Å². The van der Waals surface area contributed by atoms with Crippen LogP contribution in [0.4, 0.5) is 0 Å². The Hall–Kier alpha value is -2.20. The Kier molecular flexibility index (Phi) is 5.46. The normalized spacial score (nSPS) is 9.81. The number of nitrogens with zero attached hydrogens (tertiary/aromatic N) is 1. The van der Waals surface area contributed by atoms with Crippen LogP contribution < -0.4 is 5.32 Å². The molecule has 108 valence electrons. The highest BCUT2D eigenvalue weighted by Gasteiger charge is 2.15. The van der Waals surface area contributed by atoms with Crippen LogP contribution in [-0.2, 0) is 11.3 Å². The van der Waals surface area contributed by atoms with Crippen LogP contribution >= 0.6 is 12.2 Å². The van der Waals surface area contributed by atoms with Crippen molar-refractivity contribution in [2.75, 3.05) is 14.1 Å². The van der Waals surface area contributed by atoms with Gasteiger partial charge in [-0.15, -0.1) is 0 Å². The molecule has 0 heterocycles. The SMILES string of the molecule is C[N+](C)=C(NC(=S)OCc1ccccc1)c1ccccc1. The Morgan fingerprint density at radius 3 is 2.14 bits per heavy atom. The Morgan fingerprint density at radius 1 is 1.00 bits per heavy atom. The summed E-state index contributed by atoms with van der Waals surface area (Å²) >= 11 is 5.27. The molecule has 2 rings (SSSR count). The summed E-state index contributed by atoms with van der Waals surface area (Å²) in [6.45, 7) is 0.460. The lowest BCUT2D eigenvalue weighted by Gasteiger charge is -2.08. The van der Waals surface area contributed by atoms with E-state index < -0.39 is 0 Å². The summed E-state index contributed by atoms with van der Waals surface area (Å²) < 4.78 is 7.58. The van der Waals surface area contributed by atoms with Crippen molar-refractivity contribution in [3.8, 4) is 0 Å². The number of ether oxygens (including phenoxy) is 1. The molecule has 1 N–H and O–H groups in total. The molecule has 21 heavy (non-hydrogen) atoms. The molecule has 0 bridgehead atoms. The topological polar surface area (TPSA) is 24.3 Å². The van der Waals surface area contributed by atoms with Crippen LogP contribution in [-0.4, -0.2) is 29.7 Å². The van der Waals surface area contributed by atoms with E-state index in [-0.39, 0.29) is 0 Å². The lowest BCUT2D eigenvalue weighted by Crippen LogP contribution is -2.36. The summed E-state index contributed by atoms with van der Waals surface area (Å²) in [5, 5.41) is 3.52. The van der Waals surface area contributed by atoms with Gasteiger partial charge < -0.3 is 4.74 Å². The molecule has 0 unspecified atom stereocenters. The first-order chi connectivity index (χ1) is 10.2. The van der Waals surface area contributed by atoms with Crippen molar-refractivity contribution in [1.82, 2.24) is 5.32 Å². The zero-order valence-corrected chi connectivity index (χ0v) is 13.1. The number of benzene rings is 2. The van der Waals surface area contributed by atoms with Gasteiger partial charge in [0.25, 0.3) is 5.84 Å². The molecule has 3 nitrogen and oxygen atoms in total. The fourth-order valence-corrected chi connectivity index (χ4v) is 2.05. The monoisotopic (exact) mass is 299 g/mol. The van der Waals surface area contributed by atoms with Crippen LogP contribution in [0.25, 0.3) is 0 Å². The average molecular weight is 299 g/mol. The third-order valence-corrected chi connectivity index (χ3v) is 3.15. The number of amidine groups is 1. The largest absolute Gasteiger partial charge is 0.449 e. The number of thiocarbonyl (C=S) groups is 1. The van der Waals surface area contributed by atoms with Gasteiger partial charge in [-0.2, -0.15) is 5.32 Å². The first-order valence-electron chi connectivity index (χ1n) is 6.74. The molecule has 0 saturated heterocycles. The maximum Gasteiger partial charge on any atom is 0.353 e. The minimum absolute atomic E-state index is 0.367. The van der Waals surface area contributed by atoms with E-state index >= 15 is 0 Å². The summed E-state index contributed by atoms with van der Waals surface area (Å²) in [6, 6.07) is 20.0. The molecule has 0 amide bonds. The summed E-state index contributed by atoms with van der Waals surface area (Å²) in [7, 11) is 3.93. The molecule has 0 aliphatic heterocycles. The lowest BCUT2D eigenvalue weighted by atomic mass is 10.2. The standard InChI is InChI=1S/C17H18N2OS/c1-19(2)16(15-11-7-4-8-12-15)18-17(21)20-13-14-9-5-3-6-10-14/h3-12H,13H2,1-2H3/p+1. The molecule has 2 aromatic rings. The molecule has 0 saturated carbocycles. The fraction of sp³-hybridized carbons (Fsp3) is 0.176. The predicted molar refractivity (Wildman–Crippen MR) is 89.6 cm³/mol. The highest BCUT2D eigenvalue weighted by molar-refractivity contribution is 7.80. The molecule has 4 heteroatoms. The zero-order chi connectivity index (χ0) is 15.1. The Balaban J connectivity index is 1.99. The second-order valence-corrected chi connectivity index (χ2v) is 5.17. The Morgan fingerprint density at radius 2 is 1.57 bits per heavy atom. The smallest absolute Gasteiger partial charge is 0.353 e. The van der Waals surface area contributed by atoms with Gasteiger partial charge >= 0.3 is 5.17 Å². The van der Waals surface area contributed by atoms with Gasteiger partial charge in [0.1, 0.15) is 6.61 Å². The number of rotatable bonds is 3. The van der Waals surface area contributed by atoms with Gasteiger partial charge in [0.15, 0.2) is 0 Å². The third kappa shape index (κ3) is 4.68. The quantitative estimate of drug-likeness (QED) is 0.408. The predicted octanol–water partition coefficient (Wildman–Crippen LogP) is 2.80. The Bertz CT molecular complexity index is 620. The molecular formula is C17H19N2OS+. The van der Waals surface area contributed by atoms with Crippen LogP contribution in [0.2, 0.25) is 0 Å². The van der Waals surface area contributed by atoms with Crippen molar-refractivity contribution in [3.05, 3.63) is 71.8 Å². The van der Waals surface area contributed by atoms with Crippen LogP contribution in [0.3, 0.4) is 0 Å². The van der Waals surface area contributed by atoms with E-state index in [9.17, 15) is 0 Å². The molecule has 0 fully saturated rings. The molecule has 0 radical (unpaired) electrons. The summed E-state index contributed by atoms with van der Waals surface area (Å²) in [6.07, 6.45) is 0. The number of hydrogen-bond donors (Lipinski definition) is 1.